The zero-order chi connectivity index (χ0) is 15.1. The van der Waals surface area contributed by atoms with Crippen molar-refractivity contribution in [1.82, 2.24) is 24.9 Å². The van der Waals surface area contributed by atoms with E-state index in [-0.39, 0.29) is 5.91 Å². The first-order chi connectivity index (χ1) is 10.7. The molecule has 8 heteroatoms. The van der Waals surface area contributed by atoms with Gasteiger partial charge in [-0.2, -0.15) is 0 Å². The summed E-state index contributed by atoms with van der Waals surface area (Å²) in [7, 11) is 0. The molecule has 1 saturated carbocycles. The van der Waals surface area contributed by atoms with Crippen molar-refractivity contribution in [3.8, 4) is 0 Å². The lowest BCUT2D eigenvalue weighted by atomic mass is 10.2. The van der Waals surface area contributed by atoms with Crippen LogP contribution in [0.25, 0.3) is 5.65 Å². The minimum absolute atomic E-state index is 0.0307. The number of amides is 1. The summed E-state index contributed by atoms with van der Waals surface area (Å²) in [4.78, 5) is 18.6. The Bertz CT molecular complexity index is 710. The van der Waals surface area contributed by atoms with Gasteiger partial charge in [-0.25, -0.2) is 4.98 Å². The quantitative estimate of drug-likeness (QED) is 0.853. The van der Waals surface area contributed by atoms with Crippen LogP contribution in [0.2, 0.25) is 0 Å². The van der Waals surface area contributed by atoms with Crippen LogP contribution in [-0.2, 0) is 9.53 Å². The maximum atomic E-state index is 12.2. The van der Waals surface area contributed by atoms with Gasteiger partial charge in [0, 0.05) is 25.0 Å². The minimum atomic E-state index is -0.458. The molecule has 2 aliphatic rings. The first-order valence-electron chi connectivity index (χ1n) is 7.55. The van der Waals surface area contributed by atoms with Crippen LogP contribution in [0.5, 0.6) is 0 Å². The first-order valence-corrected chi connectivity index (χ1v) is 7.55. The van der Waals surface area contributed by atoms with Crippen LogP contribution in [0.3, 0.4) is 0 Å². The molecule has 0 radical (unpaired) electrons. The topological polar surface area (TPSA) is 84.6 Å². The highest BCUT2D eigenvalue weighted by atomic mass is 16.5. The van der Waals surface area contributed by atoms with Crippen molar-refractivity contribution in [3.63, 3.8) is 0 Å². The summed E-state index contributed by atoms with van der Waals surface area (Å²) in [5.74, 6) is 1.53. The first kappa shape index (κ1) is 13.4. The Morgan fingerprint density at radius 3 is 3.09 bits per heavy atom. The number of ether oxygens (including phenoxy) is 1. The second kappa shape index (κ2) is 5.20. The van der Waals surface area contributed by atoms with Gasteiger partial charge in [-0.3, -0.25) is 9.20 Å². The zero-order valence-electron chi connectivity index (χ0n) is 12.4. The maximum Gasteiger partial charge on any atom is 0.251 e. The highest BCUT2D eigenvalue weighted by molar-refractivity contribution is 5.82. The van der Waals surface area contributed by atoms with Gasteiger partial charge in [0.15, 0.2) is 11.9 Å². The van der Waals surface area contributed by atoms with Gasteiger partial charge in [-0.15, -0.1) is 10.2 Å². The number of aromatic nitrogens is 4. The number of carbonyl (C=O) groups is 1. The number of fused-ring (bicyclic) bond motifs is 1. The predicted octanol–water partition coefficient (Wildman–Crippen LogP) is -0.0835. The number of hydrogen-bond acceptors (Lipinski definition) is 6. The fraction of sp³-hybridized carbons (Fsp3) is 0.571. The third kappa shape index (κ3) is 2.39. The van der Waals surface area contributed by atoms with Crippen LogP contribution >= 0.6 is 0 Å². The lowest BCUT2D eigenvalue weighted by Crippen LogP contribution is -2.50. The van der Waals surface area contributed by atoms with E-state index in [4.69, 9.17) is 4.74 Å². The van der Waals surface area contributed by atoms with Crippen molar-refractivity contribution in [3.05, 3.63) is 18.2 Å². The van der Waals surface area contributed by atoms with E-state index in [2.05, 4.69) is 20.5 Å². The Kier molecular flexibility index (Phi) is 3.18. The molecule has 0 aromatic carbocycles. The van der Waals surface area contributed by atoms with Gasteiger partial charge < -0.3 is 15.0 Å². The van der Waals surface area contributed by atoms with Crippen LogP contribution < -0.4 is 10.2 Å². The summed E-state index contributed by atoms with van der Waals surface area (Å²) in [6, 6.07) is 0.340. The van der Waals surface area contributed by atoms with Crippen LogP contribution in [0.15, 0.2) is 12.4 Å². The number of aryl methyl sites for hydroxylation is 1. The molecule has 1 atom stereocenters. The molecule has 116 valence electrons. The van der Waals surface area contributed by atoms with Gasteiger partial charge in [-0.05, 0) is 19.8 Å². The highest BCUT2D eigenvalue weighted by Crippen LogP contribution is 2.22. The maximum absolute atomic E-state index is 12.2. The zero-order valence-corrected chi connectivity index (χ0v) is 12.4. The summed E-state index contributed by atoms with van der Waals surface area (Å²) in [6.45, 7) is 3.57. The molecule has 4 rings (SSSR count). The summed E-state index contributed by atoms with van der Waals surface area (Å²) in [5, 5.41) is 11.3. The Morgan fingerprint density at radius 1 is 1.41 bits per heavy atom. The normalized spacial score (nSPS) is 22.0. The van der Waals surface area contributed by atoms with Gasteiger partial charge in [0.05, 0.1) is 13.2 Å². The minimum Gasteiger partial charge on any atom is -0.365 e. The predicted molar refractivity (Wildman–Crippen MR) is 78.6 cm³/mol. The van der Waals surface area contributed by atoms with E-state index in [0.717, 1.165) is 24.5 Å². The summed E-state index contributed by atoms with van der Waals surface area (Å²) in [5.41, 5.74) is 0.711. The molecule has 1 aliphatic carbocycles. The Morgan fingerprint density at radius 2 is 2.27 bits per heavy atom. The van der Waals surface area contributed by atoms with E-state index in [0.29, 0.717) is 31.4 Å². The molecule has 1 N–H and O–H groups in total. The number of rotatable bonds is 3. The van der Waals surface area contributed by atoms with Crippen molar-refractivity contribution < 1.29 is 9.53 Å². The fourth-order valence-corrected chi connectivity index (χ4v) is 2.67. The third-order valence-corrected chi connectivity index (χ3v) is 4.06. The van der Waals surface area contributed by atoms with Crippen LogP contribution in [0, 0.1) is 6.92 Å². The molecule has 2 aromatic rings. The molecular formula is C14H18N6O2. The van der Waals surface area contributed by atoms with Crippen molar-refractivity contribution >= 4 is 17.4 Å². The molecule has 1 aliphatic heterocycles. The molecule has 2 aromatic heterocycles. The lowest BCUT2D eigenvalue weighted by Gasteiger charge is -2.32. The van der Waals surface area contributed by atoms with E-state index < -0.39 is 6.10 Å². The van der Waals surface area contributed by atoms with Crippen molar-refractivity contribution in [2.45, 2.75) is 31.9 Å². The number of hydrogen-bond donors (Lipinski definition) is 1. The highest BCUT2D eigenvalue weighted by Gasteiger charge is 2.32. The Balaban J connectivity index is 1.56. The van der Waals surface area contributed by atoms with Crippen LogP contribution in [-0.4, -0.2) is 57.3 Å². The van der Waals surface area contributed by atoms with E-state index in [9.17, 15) is 4.79 Å². The lowest BCUT2D eigenvalue weighted by molar-refractivity contribution is -0.133. The summed E-state index contributed by atoms with van der Waals surface area (Å²) < 4.78 is 7.51. The number of morpholine rings is 1. The van der Waals surface area contributed by atoms with E-state index in [1.54, 1.807) is 6.20 Å². The van der Waals surface area contributed by atoms with E-state index in [1.807, 2.05) is 22.4 Å². The number of nitrogens with one attached hydrogen (secondary N) is 1. The van der Waals surface area contributed by atoms with E-state index in [1.165, 1.54) is 0 Å². The van der Waals surface area contributed by atoms with Gasteiger partial charge in [0.1, 0.15) is 5.82 Å². The third-order valence-electron chi connectivity index (χ3n) is 4.06. The Labute approximate surface area is 127 Å². The van der Waals surface area contributed by atoms with Crippen LogP contribution in [0.4, 0.5) is 5.82 Å². The molecule has 1 saturated heterocycles. The average Bonchev–Trinajstić information content (AvgIpc) is 3.28. The van der Waals surface area contributed by atoms with Gasteiger partial charge >= 0.3 is 0 Å². The summed E-state index contributed by atoms with van der Waals surface area (Å²) >= 11 is 0. The number of nitrogens with zero attached hydrogens (tertiary/aromatic N) is 5. The molecule has 8 nitrogen and oxygen atoms in total. The number of anilines is 1. The molecule has 1 unspecified atom stereocenters. The van der Waals surface area contributed by atoms with Gasteiger partial charge in [-0.1, -0.05) is 0 Å². The molecular weight excluding hydrogens is 284 g/mol. The molecule has 2 fully saturated rings. The SMILES string of the molecule is Cc1nnc2c(N3CCOC(C(=O)NC4CC4)C3)nccn12. The fourth-order valence-electron chi connectivity index (χ4n) is 2.67. The molecule has 0 bridgehead atoms. The second-order valence-electron chi connectivity index (χ2n) is 5.78. The molecule has 0 spiro atoms. The molecule has 3 heterocycles. The summed E-state index contributed by atoms with van der Waals surface area (Å²) in [6.07, 6.45) is 5.25. The van der Waals surface area contributed by atoms with E-state index >= 15 is 0 Å². The van der Waals surface area contributed by atoms with Crippen molar-refractivity contribution in [2.24, 2.45) is 0 Å². The largest absolute Gasteiger partial charge is 0.365 e. The molecule has 22 heavy (non-hydrogen) atoms. The second-order valence-corrected chi connectivity index (χ2v) is 5.78. The van der Waals surface area contributed by atoms with Crippen LogP contribution in [0.1, 0.15) is 18.7 Å². The number of carbonyl (C=O) groups excluding carboxylic acids is 1. The Hall–Kier alpha value is -2.22. The smallest absolute Gasteiger partial charge is 0.251 e. The van der Waals surface area contributed by atoms with Gasteiger partial charge in [0.2, 0.25) is 5.65 Å². The van der Waals surface area contributed by atoms with Gasteiger partial charge in [0.25, 0.3) is 5.91 Å². The van der Waals surface area contributed by atoms with Crippen molar-refractivity contribution in [2.75, 3.05) is 24.6 Å². The standard InChI is InChI=1S/C14H18N6O2/c1-9-17-18-13-12(15-4-5-20(9)13)19-6-7-22-11(8-19)14(21)16-10-2-3-10/h4-5,10-11H,2-3,6-8H2,1H3,(H,16,21). The molecule has 1 amide bonds. The monoisotopic (exact) mass is 302 g/mol. The average molecular weight is 302 g/mol. The van der Waals surface area contributed by atoms with Crippen molar-refractivity contribution in [1.29, 1.82) is 0 Å².